The monoisotopic (exact) mass is 245 g/mol. The van der Waals surface area contributed by atoms with Gasteiger partial charge in [-0.1, -0.05) is 29.3 Å². The summed E-state index contributed by atoms with van der Waals surface area (Å²) < 4.78 is 5.31. The molecule has 2 unspecified atom stereocenters. The highest BCUT2D eigenvalue weighted by molar-refractivity contribution is 6.42. The molecule has 0 saturated carbocycles. The Morgan fingerprint density at radius 1 is 1.33 bits per heavy atom. The lowest BCUT2D eigenvalue weighted by Crippen LogP contribution is -2.21. The Morgan fingerprint density at radius 2 is 2.13 bits per heavy atom. The van der Waals surface area contributed by atoms with Gasteiger partial charge in [0, 0.05) is 18.6 Å². The smallest absolute Gasteiger partial charge is 0.0595 e. The van der Waals surface area contributed by atoms with Crippen LogP contribution in [0.1, 0.15) is 18.0 Å². The Bertz CT molecular complexity index is 350. The zero-order valence-electron chi connectivity index (χ0n) is 8.25. The average molecular weight is 246 g/mol. The number of hydrogen-bond acceptors (Lipinski definition) is 2. The normalized spacial score (nSPS) is 23.0. The fraction of sp³-hybridized carbons (Fsp3) is 0.455. The van der Waals surface area contributed by atoms with E-state index in [2.05, 4.69) is 0 Å². The van der Waals surface area contributed by atoms with Crippen molar-refractivity contribution < 1.29 is 4.74 Å². The Balaban J connectivity index is 2.17. The molecule has 1 saturated heterocycles. The molecular formula is C11H13Cl2NO. The van der Waals surface area contributed by atoms with Gasteiger partial charge in [-0.05, 0) is 24.1 Å². The summed E-state index contributed by atoms with van der Waals surface area (Å²) in [7, 11) is 0. The predicted octanol–water partition coefficient (Wildman–Crippen LogP) is 3.03. The summed E-state index contributed by atoms with van der Waals surface area (Å²) in [5.41, 5.74) is 7.17. The molecule has 0 aromatic heterocycles. The van der Waals surface area contributed by atoms with E-state index in [0.717, 1.165) is 25.2 Å². The molecule has 82 valence electrons. The minimum absolute atomic E-state index is 0.0118. The maximum absolute atomic E-state index is 6.14. The third kappa shape index (κ3) is 2.45. The van der Waals surface area contributed by atoms with Crippen LogP contribution in [0, 0.1) is 5.92 Å². The quantitative estimate of drug-likeness (QED) is 0.870. The van der Waals surface area contributed by atoms with E-state index in [-0.39, 0.29) is 6.04 Å². The van der Waals surface area contributed by atoms with Gasteiger partial charge in [-0.2, -0.15) is 0 Å². The molecule has 4 heteroatoms. The molecule has 0 spiro atoms. The third-order valence-corrected chi connectivity index (χ3v) is 3.54. The molecule has 2 atom stereocenters. The van der Waals surface area contributed by atoms with Crippen molar-refractivity contribution in [3.63, 3.8) is 0 Å². The Morgan fingerprint density at radius 3 is 2.73 bits per heavy atom. The second-order valence-electron chi connectivity index (χ2n) is 3.82. The first-order valence-corrected chi connectivity index (χ1v) is 5.72. The molecule has 0 radical (unpaired) electrons. The molecule has 2 rings (SSSR count). The largest absolute Gasteiger partial charge is 0.381 e. The zero-order valence-corrected chi connectivity index (χ0v) is 9.76. The highest BCUT2D eigenvalue weighted by Gasteiger charge is 2.24. The summed E-state index contributed by atoms with van der Waals surface area (Å²) in [6.45, 7) is 1.54. The van der Waals surface area contributed by atoms with E-state index in [1.165, 1.54) is 0 Å². The minimum Gasteiger partial charge on any atom is -0.381 e. The molecule has 15 heavy (non-hydrogen) atoms. The second-order valence-corrected chi connectivity index (χ2v) is 4.64. The number of rotatable bonds is 2. The highest BCUT2D eigenvalue weighted by Crippen LogP contribution is 2.30. The summed E-state index contributed by atoms with van der Waals surface area (Å²) in [5, 5.41) is 1.12. The predicted molar refractivity (Wildman–Crippen MR) is 62.3 cm³/mol. The van der Waals surface area contributed by atoms with Crippen molar-refractivity contribution in [2.24, 2.45) is 11.7 Å². The fourth-order valence-corrected chi connectivity index (χ4v) is 2.13. The van der Waals surface area contributed by atoms with Crippen LogP contribution in [-0.4, -0.2) is 13.2 Å². The summed E-state index contributed by atoms with van der Waals surface area (Å²) in [4.78, 5) is 0. The number of ether oxygens (including phenoxy) is 1. The van der Waals surface area contributed by atoms with Gasteiger partial charge in [0.2, 0.25) is 0 Å². The number of halogens is 2. The highest BCUT2D eigenvalue weighted by atomic mass is 35.5. The Kier molecular flexibility index (Phi) is 3.52. The lowest BCUT2D eigenvalue weighted by molar-refractivity contribution is 0.181. The van der Waals surface area contributed by atoms with Crippen LogP contribution in [0.25, 0.3) is 0 Å². The van der Waals surface area contributed by atoms with Crippen LogP contribution in [0.5, 0.6) is 0 Å². The van der Waals surface area contributed by atoms with Crippen molar-refractivity contribution in [2.75, 3.05) is 13.2 Å². The molecule has 1 aromatic rings. The average Bonchev–Trinajstić information content (AvgIpc) is 2.74. The van der Waals surface area contributed by atoms with Crippen molar-refractivity contribution in [1.82, 2.24) is 0 Å². The zero-order chi connectivity index (χ0) is 10.8. The molecule has 1 heterocycles. The first kappa shape index (κ1) is 11.2. The Labute approximate surface area is 99.3 Å². The van der Waals surface area contributed by atoms with Crippen LogP contribution in [0.2, 0.25) is 10.0 Å². The van der Waals surface area contributed by atoms with Crippen LogP contribution >= 0.6 is 23.2 Å². The van der Waals surface area contributed by atoms with E-state index >= 15 is 0 Å². The van der Waals surface area contributed by atoms with Gasteiger partial charge in [0.15, 0.2) is 0 Å². The summed E-state index contributed by atoms with van der Waals surface area (Å²) in [6, 6.07) is 5.54. The van der Waals surface area contributed by atoms with Crippen molar-refractivity contribution in [2.45, 2.75) is 12.5 Å². The third-order valence-electron chi connectivity index (χ3n) is 2.80. The van der Waals surface area contributed by atoms with Crippen molar-refractivity contribution in [3.8, 4) is 0 Å². The number of nitrogens with two attached hydrogens (primary N) is 1. The SMILES string of the molecule is NC(c1ccc(Cl)c(Cl)c1)C1CCOC1. The molecule has 2 N–H and O–H groups in total. The van der Waals surface area contributed by atoms with Crippen LogP contribution < -0.4 is 5.73 Å². The van der Waals surface area contributed by atoms with Crippen molar-refractivity contribution in [1.29, 1.82) is 0 Å². The second kappa shape index (κ2) is 4.71. The molecule has 0 aliphatic carbocycles. The van der Waals surface area contributed by atoms with E-state index in [0.29, 0.717) is 16.0 Å². The Hall–Kier alpha value is -0.280. The van der Waals surface area contributed by atoms with Gasteiger partial charge < -0.3 is 10.5 Å². The maximum atomic E-state index is 6.14. The lowest BCUT2D eigenvalue weighted by Gasteiger charge is -2.18. The van der Waals surface area contributed by atoms with E-state index in [1.54, 1.807) is 6.07 Å². The van der Waals surface area contributed by atoms with Gasteiger partial charge in [-0.25, -0.2) is 0 Å². The molecular weight excluding hydrogens is 233 g/mol. The van der Waals surface area contributed by atoms with E-state index in [4.69, 9.17) is 33.7 Å². The van der Waals surface area contributed by atoms with E-state index in [9.17, 15) is 0 Å². The van der Waals surface area contributed by atoms with Crippen LogP contribution in [-0.2, 0) is 4.74 Å². The summed E-state index contributed by atoms with van der Waals surface area (Å²) in [6.07, 6.45) is 1.02. The van der Waals surface area contributed by atoms with Gasteiger partial charge in [-0.15, -0.1) is 0 Å². The van der Waals surface area contributed by atoms with Gasteiger partial charge in [0.1, 0.15) is 0 Å². The first-order chi connectivity index (χ1) is 7.18. The van der Waals surface area contributed by atoms with Crippen LogP contribution in [0.15, 0.2) is 18.2 Å². The lowest BCUT2D eigenvalue weighted by atomic mass is 9.93. The maximum Gasteiger partial charge on any atom is 0.0595 e. The standard InChI is InChI=1S/C11H13Cl2NO/c12-9-2-1-7(5-10(9)13)11(14)8-3-4-15-6-8/h1-2,5,8,11H,3-4,6,14H2. The molecule has 1 fully saturated rings. The van der Waals surface area contributed by atoms with Crippen LogP contribution in [0.3, 0.4) is 0 Å². The molecule has 1 aliphatic rings. The molecule has 1 aliphatic heterocycles. The van der Waals surface area contributed by atoms with Gasteiger partial charge in [-0.3, -0.25) is 0 Å². The minimum atomic E-state index is -0.0118. The number of benzene rings is 1. The van der Waals surface area contributed by atoms with E-state index < -0.39 is 0 Å². The van der Waals surface area contributed by atoms with Gasteiger partial charge in [0.25, 0.3) is 0 Å². The molecule has 0 bridgehead atoms. The number of hydrogen-bond donors (Lipinski definition) is 1. The summed E-state index contributed by atoms with van der Waals surface area (Å²) >= 11 is 11.8. The van der Waals surface area contributed by atoms with Crippen molar-refractivity contribution in [3.05, 3.63) is 33.8 Å². The molecule has 1 aromatic carbocycles. The molecule has 0 amide bonds. The van der Waals surface area contributed by atoms with Crippen molar-refractivity contribution >= 4 is 23.2 Å². The first-order valence-electron chi connectivity index (χ1n) is 4.97. The summed E-state index contributed by atoms with van der Waals surface area (Å²) in [5.74, 6) is 0.391. The van der Waals surface area contributed by atoms with Crippen LogP contribution in [0.4, 0.5) is 0 Å². The van der Waals surface area contributed by atoms with Gasteiger partial charge in [0.05, 0.1) is 16.7 Å². The van der Waals surface area contributed by atoms with Gasteiger partial charge >= 0.3 is 0 Å². The molecule has 2 nitrogen and oxygen atoms in total. The van der Waals surface area contributed by atoms with E-state index in [1.807, 2.05) is 12.1 Å². The fourth-order valence-electron chi connectivity index (χ4n) is 1.83. The topological polar surface area (TPSA) is 35.2 Å².